The number of rotatable bonds is 2. The van der Waals surface area contributed by atoms with Crippen LogP contribution in [-0.4, -0.2) is 40.7 Å². The first kappa shape index (κ1) is 15.7. The molecule has 0 spiro atoms. The summed E-state index contributed by atoms with van der Waals surface area (Å²) in [6.45, 7) is 0.231. The van der Waals surface area contributed by atoms with Gasteiger partial charge in [-0.25, -0.2) is 4.79 Å². The van der Waals surface area contributed by atoms with Crippen molar-refractivity contribution in [3.05, 3.63) is 59.7 Å². The van der Waals surface area contributed by atoms with E-state index in [1.807, 2.05) is 48.5 Å². The minimum atomic E-state index is -1.40. The van der Waals surface area contributed by atoms with Crippen molar-refractivity contribution in [1.29, 1.82) is 0 Å². The van der Waals surface area contributed by atoms with Crippen molar-refractivity contribution in [3.8, 4) is 11.1 Å². The molecule has 4 rings (SSSR count). The van der Waals surface area contributed by atoms with Crippen LogP contribution in [0.3, 0.4) is 0 Å². The van der Waals surface area contributed by atoms with E-state index in [4.69, 9.17) is 10.5 Å². The number of likely N-dealkylation sites (tertiary alicyclic amines) is 1. The third-order valence-corrected chi connectivity index (χ3v) is 4.98. The van der Waals surface area contributed by atoms with Crippen molar-refractivity contribution >= 4 is 12.1 Å². The Balaban J connectivity index is 1.59. The van der Waals surface area contributed by atoms with Gasteiger partial charge in [-0.05, 0) is 17.5 Å². The maximum absolute atomic E-state index is 12.6. The average Bonchev–Trinajstić information content (AvgIpc) is 3.16. The summed E-state index contributed by atoms with van der Waals surface area (Å²) >= 11 is 0. The zero-order valence-electron chi connectivity index (χ0n) is 13.5. The molecule has 0 radical (unpaired) electrons. The fraction of sp³-hybridized carbons (Fsp3) is 0.263. The van der Waals surface area contributed by atoms with Crippen LogP contribution in [0.25, 0.3) is 11.1 Å². The Morgan fingerprint density at radius 1 is 1.08 bits per heavy atom. The van der Waals surface area contributed by atoms with Gasteiger partial charge in [-0.15, -0.1) is 0 Å². The van der Waals surface area contributed by atoms with E-state index in [9.17, 15) is 14.7 Å². The minimum absolute atomic E-state index is 0.0445. The van der Waals surface area contributed by atoms with E-state index in [0.29, 0.717) is 0 Å². The van der Waals surface area contributed by atoms with Crippen LogP contribution >= 0.6 is 0 Å². The normalized spacial score (nSPS) is 21.7. The Morgan fingerprint density at radius 3 is 2.16 bits per heavy atom. The van der Waals surface area contributed by atoms with Crippen LogP contribution in [-0.2, 0) is 9.53 Å². The molecule has 1 atom stereocenters. The Labute approximate surface area is 144 Å². The van der Waals surface area contributed by atoms with E-state index in [2.05, 4.69) is 0 Å². The van der Waals surface area contributed by atoms with Gasteiger partial charge in [0, 0.05) is 17.7 Å². The largest absolute Gasteiger partial charge is 0.480 e. The van der Waals surface area contributed by atoms with Crippen LogP contribution in [0.5, 0.6) is 0 Å². The number of hydrogen-bond donors (Lipinski definition) is 2. The first-order chi connectivity index (χ1) is 12.0. The molecule has 1 fully saturated rings. The lowest BCUT2D eigenvalue weighted by atomic mass is 10.0. The molecule has 6 nitrogen and oxygen atoms in total. The second-order valence-corrected chi connectivity index (χ2v) is 6.57. The number of carbonyl (C=O) groups is 2. The van der Waals surface area contributed by atoms with Gasteiger partial charge in [0.25, 0.3) is 0 Å². The number of carboxylic acid groups (broad SMARTS) is 1. The minimum Gasteiger partial charge on any atom is -0.480 e. The molecule has 1 aliphatic heterocycles. The first-order valence-corrected chi connectivity index (χ1v) is 8.16. The van der Waals surface area contributed by atoms with E-state index in [1.54, 1.807) is 0 Å². The molecule has 1 heterocycles. The van der Waals surface area contributed by atoms with E-state index >= 15 is 0 Å². The van der Waals surface area contributed by atoms with Gasteiger partial charge in [-0.1, -0.05) is 48.5 Å². The molecule has 0 saturated carbocycles. The molecule has 1 saturated heterocycles. The van der Waals surface area contributed by atoms with E-state index < -0.39 is 23.7 Å². The number of aliphatic carboxylic acids is 1. The highest BCUT2D eigenvalue weighted by atomic mass is 16.6. The number of carboxylic acids is 1. The van der Waals surface area contributed by atoms with Gasteiger partial charge in [0.15, 0.2) is 6.10 Å². The summed E-state index contributed by atoms with van der Waals surface area (Å²) in [4.78, 5) is 25.2. The molecular weight excluding hydrogens is 320 g/mol. The van der Waals surface area contributed by atoms with Crippen LogP contribution < -0.4 is 5.73 Å². The van der Waals surface area contributed by atoms with E-state index in [-0.39, 0.29) is 19.5 Å². The molecule has 6 heteroatoms. The lowest BCUT2D eigenvalue weighted by Crippen LogP contribution is -2.50. The van der Waals surface area contributed by atoms with Crippen LogP contribution in [0.15, 0.2) is 48.5 Å². The Hall–Kier alpha value is -2.86. The number of benzene rings is 2. The predicted molar refractivity (Wildman–Crippen MR) is 90.9 cm³/mol. The molecule has 0 aromatic heterocycles. The number of fused-ring (bicyclic) bond motifs is 3. The highest BCUT2D eigenvalue weighted by Crippen LogP contribution is 2.45. The molecule has 0 bridgehead atoms. The fourth-order valence-electron chi connectivity index (χ4n) is 3.58. The molecule has 128 valence electrons. The zero-order chi connectivity index (χ0) is 17.6. The summed E-state index contributed by atoms with van der Waals surface area (Å²) in [5.74, 6) is -1.10. The van der Waals surface area contributed by atoms with Crippen molar-refractivity contribution in [2.24, 2.45) is 5.73 Å². The van der Waals surface area contributed by atoms with E-state index in [0.717, 1.165) is 22.3 Å². The van der Waals surface area contributed by atoms with Crippen molar-refractivity contribution in [2.75, 3.05) is 13.1 Å². The SMILES string of the molecule is NC1(C(=O)O)CCN(C(=O)OC2c3ccccc3-c3ccccc32)C1. The molecule has 25 heavy (non-hydrogen) atoms. The summed E-state index contributed by atoms with van der Waals surface area (Å²) in [5, 5.41) is 9.21. The second-order valence-electron chi connectivity index (χ2n) is 6.57. The van der Waals surface area contributed by atoms with Gasteiger partial charge in [-0.2, -0.15) is 0 Å². The number of ether oxygens (including phenoxy) is 1. The Bertz CT molecular complexity index is 821. The lowest BCUT2D eigenvalue weighted by molar-refractivity contribution is -0.142. The average molecular weight is 338 g/mol. The molecule has 1 unspecified atom stereocenters. The highest BCUT2D eigenvalue weighted by Gasteiger charge is 2.44. The smallest absolute Gasteiger partial charge is 0.410 e. The number of carbonyl (C=O) groups excluding carboxylic acids is 1. The van der Waals surface area contributed by atoms with Crippen molar-refractivity contribution in [1.82, 2.24) is 4.90 Å². The van der Waals surface area contributed by atoms with E-state index in [1.165, 1.54) is 4.90 Å². The number of hydrogen-bond acceptors (Lipinski definition) is 4. The summed E-state index contributed by atoms with van der Waals surface area (Å²) in [7, 11) is 0. The Kier molecular flexibility index (Phi) is 3.51. The monoisotopic (exact) mass is 338 g/mol. The first-order valence-electron chi connectivity index (χ1n) is 8.16. The molecular formula is C19H18N2O4. The van der Waals surface area contributed by atoms with Crippen LogP contribution in [0.1, 0.15) is 23.7 Å². The molecule has 2 aromatic carbocycles. The third-order valence-electron chi connectivity index (χ3n) is 4.98. The quantitative estimate of drug-likeness (QED) is 0.877. The standard InChI is InChI=1S/C19H18N2O4/c20-19(17(22)23)9-10-21(11-19)18(24)25-16-14-7-3-1-5-12(14)13-6-2-4-8-15(13)16/h1-8,16H,9-11,20H2,(H,22,23). The third kappa shape index (κ3) is 2.46. The number of nitrogens with zero attached hydrogens (tertiary/aromatic N) is 1. The number of amides is 1. The molecule has 1 aliphatic carbocycles. The van der Waals surface area contributed by atoms with Crippen molar-refractivity contribution in [3.63, 3.8) is 0 Å². The van der Waals surface area contributed by atoms with Gasteiger partial charge in [0.05, 0.1) is 6.54 Å². The predicted octanol–water partition coefficient (Wildman–Crippen LogP) is 2.38. The van der Waals surface area contributed by atoms with Crippen LogP contribution in [0, 0.1) is 0 Å². The maximum atomic E-state index is 12.6. The summed E-state index contributed by atoms with van der Waals surface area (Å²) in [5.41, 5.74) is 8.42. The summed E-state index contributed by atoms with van der Waals surface area (Å²) in [6, 6.07) is 15.6. The van der Waals surface area contributed by atoms with Crippen molar-refractivity contribution < 1.29 is 19.4 Å². The fourth-order valence-corrected chi connectivity index (χ4v) is 3.58. The van der Waals surface area contributed by atoms with Crippen molar-refractivity contribution in [2.45, 2.75) is 18.1 Å². The van der Waals surface area contributed by atoms with Crippen LogP contribution in [0.4, 0.5) is 4.79 Å². The highest BCUT2D eigenvalue weighted by molar-refractivity contribution is 5.82. The molecule has 1 amide bonds. The topological polar surface area (TPSA) is 92.9 Å². The molecule has 3 N–H and O–H groups in total. The van der Waals surface area contributed by atoms with Gasteiger partial charge >= 0.3 is 12.1 Å². The zero-order valence-corrected chi connectivity index (χ0v) is 13.5. The van der Waals surface area contributed by atoms with Gasteiger partial charge in [0.2, 0.25) is 0 Å². The van der Waals surface area contributed by atoms with Gasteiger partial charge < -0.3 is 20.5 Å². The van der Waals surface area contributed by atoms with Gasteiger partial charge in [0.1, 0.15) is 5.54 Å². The molecule has 2 aromatic rings. The summed E-state index contributed by atoms with van der Waals surface area (Å²) in [6.07, 6.45) is -0.808. The maximum Gasteiger partial charge on any atom is 0.410 e. The number of nitrogens with two attached hydrogens (primary N) is 1. The summed E-state index contributed by atoms with van der Waals surface area (Å²) < 4.78 is 5.76. The second kappa shape index (κ2) is 5.60. The van der Waals surface area contributed by atoms with Crippen LogP contribution in [0.2, 0.25) is 0 Å². The Morgan fingerprint density at radius 2 is 1.64 bits per heavy atom. The molecule has 2 aliphatic rings. The van der Waals surface area contributed by atoms with Gasteiger partial charge in [-0.3, -0.25) is 4.79 Å². The lowest BCUT2D eigenvalue weighted by Gasteiger charge is -2.22.